The number of likely N-dealkylation sites (tertiary alicyclic amines) is 1. The maximum Gasteiger partial charge on any atom is 0.264 e. The number of nitrogens with zero attached hydrogens (tertiary/aromatic N) is 4. The molecule has 2 aliphatic rings. The van der Waals surface area contributed by atoms with E-state index in [1.807, 2.05) is 24.0 Å². The first kappa shape index (κ1) is 14.9. The van der Waals surface area contributed by atoms with Crippen LogP contribution in [0.25, 0.3) is 0 Å². The molecule has 23 heavy (non-hydrogen) atoms. The van der Waals surface area contributed by atoms with E-state index in [0.717, 1.165) is 48.9 Å². The Labute approximate surface area is 140 Å². The molecule has 1 atom stereocenters. The van der Waals surface area contributed by atoms with E-state index in [9.17, 15) is 4.79 Å². The number of aryl methyl sites for hydroxylation is 2. The molecule has 122 valence electrons. The molecule has 0 spiro atoms. The number of hydrogen-bond donors (Lipinski definition) is 0. The highest BCUT2D eigenvalue weighted by molar-refractivity contribution is 7.13. The van der Waals surface area contributed by atoms with Crippen LogP contribution in [0.1, 0.15) is 64.3 Å². The van der Waals surface area contributed by atoms with Gasteiger partial charge in [-0.05, 0) is 44.7 Å². The van der Waals surface area contributed by atoms with Gasteiger partial charge in [-0.2, -0.15) is 0 Å². The number of hydrogen-bond acceptors (Lipinski definition) is 4. The molecule has 0 bridgehead atoms. The van der Waals surface area contributed by atoms with Crippen molar-refractivity contribution in [3.05, 3.63) is 33.5 Å². The van der Waals surface area contributed by atoms with Gasteiger partial charge in [0.05, 0.1) is 10.9 Å². The van der Waals surface area contributed by atoms with Crippen LogP contribution in [0.3, 0.4) is 0 Å². The molecule has 5 nitrogen and oxygen atoms in total. The van der Waals surface area contributed by atoms with Gasteiger partial charge >= 0.3 is 0 Å². The van der Waals surface area contributed by atoms with E-state index in [0.29, 0.717) is 0 Å². The summed E-state index contributed by atoms with van der Waals surface area (Å²) >= 11 is 1.58. The number of carbonyl (C=O) groups excluding carboxylic acids is 1. The first-order chi connectivity index (χ1) is 11.2. The molecule has 0 radical (unpaired) electrons. The van der Waals surface area contributed by atoms with Gasteiger partial charge in [-0.1, -0.05) is 6.42 Å². The van der Waals surface area contributed by atoms with Gasteiger partial charge in [-0.25, -0.2) is 0 Å². The van der Waals surface area contributed by atoms with Crippen molar-refractivity contribution in [2.75, 3.05) is 6.54 Å². The lowest BCUT2D eigenvalue weighted by atomic mass is 10.2. The summed E-state index contributed by atoms with van der Waals surface area (Å²) in [7, 11) is 0. The number of aromatic nitrogens is 3. The fourth-order valence-electron chi connectivity index (χ4n) is 3.72. The molecule has 2 aliphatic heterocycles. The molecule has 2 aromatic heterocycles. The zero-order valence-corrected chi connectivity index (χ0v) is 14.3. The van der Waals surface area contributed by atoms with Crippen molar-refractivity contribution in [1.29, 1.82) is 0 Å². The van der Waals surface area contributed by atoms with Crippen LogP contribution in [0, 0.1) is 6.92 Å². The molecule has 1 amide bonds. The maximum atomic E-state index is 12.9. The molecule has 0 N–H and O–H groups in total. The zero-order valence-electron chi connectivity index (χ0n) is 13.5. The molecule has 1 fully saturated rings. The molecule has 0 unspecified atom stereocenters. The van der Waals surface area contributed by atoms with Crippen LogP contribution < -0.4 is 0 Å². The lowest BCUT2D eigenvalue weighted by Gasteiger charge is -2.24. The average molecular weight is 330 g/mol. The number of fused-ring (bicyclic) bond motifs is 1. The van der Waals surface area contributed by atoms with Crippen LogP contribution in [0.2, 0.25) is 0 Å². The smallest absolute Gasteiger partial charge is 0.264 e. The SMILES string of the molecule is Cc1ccc(C(=O)N2CCC[C@@H]2c2nnc3n2CCCCC3)s1. The Morgan fingerprint density at radius 3 is 2.91 bits per heavy atom. The summed E-state index contributed by atoms with van der Waals surface area (Å²) in [4.78, 5) is 16.9. The second-order valence-electron chi connectivity index (χ2n) is 6.50. The Balaban J connectivity index is 1.63. The van der Waals surface area contributed by atoms with Gasteiger partial charge in [0.2, 0.25) is 0 Å². The fraction of sp³-hybridized carbons (Fsp3) is 0.588. The molecule has 1 saturated heterocycles. The Kier molecular flexibility index (Phi) is 3.93. The van der Waals surface area contributed by atoms with Crippen molar-refractivity contribution in [2.24, 2.45) is 0 Å². The number of rotatable bonds is 2. The van der Waals surface area contributed by atoms with E-state index >= 15 is 0 Å². The molecule has 6 heteroatoms. The zero-order chi connectivity index (χ0) is 15.8. The lowest BCUT2D eigenvalue weighted by Crippen LogP contribution is -2.31. The normalized spacial score (nSPS) is 21.3. The van der Waals surface area contributed by atoms with Crippen molar-refractivity contribution in [3.8, 4) is 0 Å². The average Bonchev–Trinajstić information content (AvgIpc) is 3.23. The van der Waals surface area contributed by atoms with Crippen LogP contribution >= 0.6 is 11.3 Å². The predicted molar refractivity (Wildman–Crippen MR) is 89.6 cm³/mol. The lowest BCUT2D eigenvalue weighted by molar-refractivity contribution is 0.0732. The molecule has 0 saturated carbocycles. The summed E-state index contributed by atoms with van der Waals surface area (Å²) in [6.07, 6.45) is 6.68. The first-order valence-electron chi connectivity index (χ1n) is 8.53. The summed E-state index contributed by atoms with van der Waals surface area (Å²) in [5.74, 6) is 2.25. The highest BCUT2D eigenvalue weighted by atomic mass is 32.1. The minimum atomic E-state index is 0.0873. The largest absolute Gasteiger partial charge is 0.328 e. The minimum absolute atomic E-state index is 0.0873. The van der Waals surface area contributed by atoms with E-state index in [1.54, 1.807) is 11.3 Å². The summed E-state index contributed by atoms with van der Waals surface area (Å²) in [6.45, 7) is 3.86. The fourth-order valence-corrected chi connectivity index (χ4v) is 4.55. The Morgan fingerprint density at radius 2 is 2.09 bits per heavy atom. The van der Waals surface area contributed by atoms with Crippen LogP contribution in [0.15, 0.2) is 12.1 Å². The number of thiophene rings is 1. The van der Waals surface area contributed by atoms with Crippen molar-refractivity contribution >= 4 is 17.2 Å². The Morgan fingerprint density at radius 1 is 1.17 bits per heavy atom. The minimum Gasteiger partial charge on any atom is -0.328 e. The third-order valence-corrected chi connectivity index (χ3v) is 5.89. The van der Waals surface area contributed by atoms with Crippen LogP contribution in [0.4, 0.5) is 0 Å². The van der Waals surface area contributed by atoms with Crippen molar-refractivity contribution < 1.29 is 4.79 Å². The van der Waals surface area contributed by atoms with Gasteiger partial charge in [-0.3, -0.25) is 4.79 Å². The third kappa shape index (κ3) is 2.69. The molecule has 4 rings (SSSR count). The Bertz CT molecular complexity index is 720. The molecule has 2 aromatic rings. The van der Waals surface area contributed by atoms with E-state index < -0.39 is 0 Å². The number of carbonyl (C=O) groups is 1. The summed E-state index contributed by atoms with van der Waals surface area (Å²) < 4.78 is 2.28. The van der Waals surface area contributed by atoms with Gasteiger partial charge in [0, 0.05) is 24.4 Å². The molecular weight excluding hydrogens is 308 g/mol. The van der Waals surface area contributed by atoms with Crippen molar-refractivity contribution in [2.45, 2.75) is 58.0 Å². The van der Waals surface area contributed by atoms with E-state index in [1.165, 1.54) is 24.1 Å². The monoisotopic (exact) mass is 330 g/mol. The second-order valence-corrected chi connectivity index (χ2v) is 7.79. The van der Waals surface area contributed by atoms with Crippen molar-refractivity contribution in [3.63, 3.8) is 0 Å². The summed E-state index contributed by atoms with van der Waals surface area (Å²) in [6, 6.07) is 4.05. The van der Waals surface area contributed by atoms with Gasteiger partial charge < -0.3 is 9.47 Å². The van der Waals surface area contributed by atoms with Gasteiger partial charge in [0.25, 0.3) is 5.91 Å². The maximum absolute atomic E-state index is 12.9. The summed E-state index contributed by atoms with van der Waals surface area (Å²) in [5.41, 5.74) is 0. The van der Waals surface area contributed by atoms with E-state index in [-0.39, 0.29) is 11.9 Å². The molecule has 0 aliphatic carbocycles. The second kappa shape index (κ2) is 6.07. The highest BCUT2D eigenvalue weighted by Gasteiger charge is 2.35. The van der Waals surface area contributed by atoms with Crippen LogP contribution in [0.5, 0.6) is 0 Å². The quantitative estimate of drug-likeness (QED) is 0.848. The van der Waals surface area contributed by atoms with Crippen LogP contribution in [-0.2, 0) is 13.0 Å². The number of amides is 1. The summed E-state index contributed by atoms with van der Waals surface area (Å²) in [5, 5.41) is 8.89. The highest BCUT2D eigenvalue weighted by Crippen LogP contribution is 2.34. The van der Waals surface area contributed by atoms with E-state index in [4.69, 9.17) is 0 Å². The topological polar surface area (TPSA) is 51.0 Å². The molecule has 0 aromatic carbocycles. The van der Waals surface area contributed by atoms with Gasteiger partial charge in [0.1, 0.15) is 5.82 Å². The van der Waals surface area contributed by atoms with Gasteiger partial charge in [-0.15, -0.1) is 21.5 Å². The third-order valence-electron chi connectivity index (χ3n) is 4.90. The van der Waals surface area contributed by atoms with Crippen molar-refractivity contribution in [1.82, 2.24) is 19.7 Å². The predicted octanol–water partition coefficient (Wildman–Crippen LogP) is 3.35. The Hall–Kier alpha value is -1.69. The molecular formula is C17H22N4OS. The van der Waals surface area contributed by atoms with Gasteiger partial charge in [0.15, 0.2) is 5.82 Å². The first-order valence-corrected chi connectivity index (χ1v) is 9.35. The standard InChI is InChI=1S/C17H22N4OS/c1-12-8-9-14(23-12)17(22)20-11-5-6-13(20)16-19-18-15-7-3-2-4-10-21(15)16/h8-9,13H,2-7,10-11H2,1H3/t13-/m1/s1. The van der Waals surface area contributed by atoms with Crippen LogP contribution in [-0.4, -0.2) is 32.1 Å². The molecule has 4 heterocycles. The van der Waals surface area contributed by atoms with E-state index in [2.05, 4.69) is 14.8 Å².